The van der Waals surface area contributed by atoms with Crippen LogP contribution >= 0.6 is 0 Å². The van der Waals surface area contributed by atoms with E-state index in [0.717, 1.165) is 38.0 Å². The molecule has 20 heavy (non-hydrogen) atoms. The molecule has 3 atom stereocenters. The Kier molecular flexibility index (Phi) is 5.52. The van der Waals surface area contributed by atoms with E-state index in [1.54, 1.807) is 6.07 Å². The van der Waals surface area contributed by atoms with Crippen LogP contribution in [0, 0.1) is 11.7 Å². The van der Waals surface area contributed by atoms with E-state index in [0.29, 0.717) is 5.92 Å². The molecule has 0 spiro atoms. The molecule has 0 radical (unpaired) electrons. The van der Waals surface area contributed by atoms with E-state index in [4.69, 9.17) is 0 Å². The molecule has 2 rings (SSSR count). The molecule has 0 amide bonds. The van der Waals surface area contributed by atoms with Gasteiger partial charge in [-0.15, -0.1) is 0 Å². The molecule has 1 heterocycles. The Morgan fingerprint density at radius 1 is 1.45 bits per heavy atom. The molecule has 3 nitrogen and oxygen atoms in total. The highest BCUT2D eigenvalue weighted by Crippen LogP contribution is 2.22. The maximum absolute atomic E-state index is 13.8. The Bertz CT molecular complexity index is 427. The summed E-state index contributed by atoms with van der Waals surface area (Å²) in [6.07, 6.45) is 1.65. The lowest BCUT2D eigenvalue weighted by molar-refractivity contribution is 0.0278. The quantitative estimate of drug-likeness (QED) is 0.868. The lowest BCUT2D eigenvalue weighted by Crippen LogP contribution is -2.43. The van der Waals surface area contributed by atoms with Gasteiger partial charge >= 0.3 is 0 Å². The molecule has 2 N–H and O–H groups in total. The molecule has 112 valence electrons. The van der Waals surface area contributed by atoms with E-state index >= 15 is 0 Å². The number of hydrogen-bond acceptors (Lipinski definition) is 3. The second-order valence-corrected chi connectivity index (χ2v) is 5.79. The monoisotopic (exact) mass is 280 g/mol. The first-order valence-corrected chi connectivity index (χ1v) is 7.44. The molecule has 0 aliphatic carbocycles. The van der Waals surface area contributed by atoms with Crippen molar-refractivity contribution in [2.75, 3.05) is 26.7 Å². The molecule has 4 heteroatoms. The van der Waals surface area contributed by atoms with Crippen LogP contribution < -0.4 is 5.32 Å². The number of nitrogens with zero attached hydrogens (tertiary/aromatic N) is 1. The van der Waals surface area contributed by atoms with Gasteiger partial charge in [0.1, 0.15) is 5.82 Å². The lowest BCUT2D eigenvalue weighted by atomic mass is 9.95. The van der Waals surface area contributed by atoms with Crippen molar-refractivity contribution in [3.63, 3.8) is 0 Å². The van der Waals surface area contributed by atoms with Gasteiger partial charge in [-0.2, -0.15) is 0 Å². The summed E-state index contributed by atoms with van der Waals surface area (Å²) in [7, 11) is 1.87. The highest BCUT2D eigenvalue weighted by molar-refractivity contribution is 5.21. The van der Waals surface area contributed by atoms with Crippen molar-refractivity contribution in [2.24, 2.45) is 5.92 Å². The van der Waals surface area contributed by atoms with Crippen LogP contribution in [0.15, 0.2) is 24.3 Å². The fourth-order valence-electron chi connectivity index (χ4n) is 2.84. The predicted octanol–water partition coefficient (Wildman–Crippen LogP) is 2.18. The minimum atomic E-state index is -0.231. The highest BCUT2D eigenvalue weighted by atomic mass is 19.1. The second-order valence-electron chi connectivity index (χ2n) is 5.79. The first kappa shape index (κ1) is 15.4. The largest absolute Gasteiger partial charge is 0.392 e. The fourth-order valence-corrected chi connectivity index (χ4v) is 2.84. The summed E-state index contributed by atoms with van der Waals surface area (Å²) in [6, 6.07) is 6.95. The second kappa shape index (κ2) is 7.16. The van der Waals surface area contributed by atoms with Crippen molar-refractivity contribution in [1.82, 2.24) is 10.2 Å². The average molecular weight is 280 g/mol. The Morgan fingerprint density at radius 2 is 2.20 bits per heavy atom. The molecule has 1 aliphatic heterocycles. The number of β-amino-alcohol motifs (C(OH)–C–C–N with tert-alkyl or cyclic N) is 1. The standard InChI is InChI=1S/C16H25FN2O/c1-12-7-9-19(11-16(12)20)10-8-15(18-2)13-5-3-4-6-14(13)17/h3-6,12,15-16,18,20H,7-11H2,1-2H3. The van der Waals surface area contributed by atoms with Gasteiger partial charge in [-0.05, 0) is 38.4 Å². The van der Waals surface area contributed by atoms with Crippen LogP contribution in [0.25, 0.3) is 0 Å². The summed E-state index contributed by atoms with van der Waals surface area (Å²) in [4.78, 5) is 2.27. The molecule has 1 aromatic rings. The summed E-state index contributed by atoms with van der Waals surface area (Å²) < 4.78 is 13.8. The summed E-state index contributed by atoms with van der Waals surface area (Å²) in [5, 5.41) is 13.1. The average Bonchev–Trinajstić information content (AvgIpc) is 2.45. The van der Waals surface area contributed by atoms with E-state index in [9.17, 15) is 9.50 Å². The van der Waals surface area contributed by atoms with Gasteiger partial charge in [-0.3, -0.25) is 0 Å². The van der Waals surface area contributed by atoms with Gasteiger partial charge in [0.25, 0.3) is 0 Å². The molecule has 1 fully saturated rings. The SMILES string of the molecule is CNC(CCN1CCC(C)C(O)C1)c1ccccc1F. The Morgan fingerprint density at radius 3 is 2.85 bits per heavy atom. The number of aliphatic hydroxyl groups excluding tert-OH is 1. The van der Waals surface area contributed by atoms with Gasteiger partial charge in [0.15, 0.2) is 0 Å². The zero-order valence-electron chi connectivity index (χ0n) is 12.3. The van der Waals surface area contributed by atoms with Crippen LogP contribution in [0.5, 0.6) is 0 Å². The van der Waals surface area contributed by atoms with E-state index in [2.05, 4.69) is 17.1 Å². The van der Waals surface area contributed by atoms with Crippen molar-refractivity contribution in [3.8, 4) is 0 Å². The van der Waals surface area contributed by atoms with Gasteiger partial charge in [0, 0.05) is 24.7 Å². The van der Waals surface area contributed by atoms with Crippen molar-refractivity contribution >= 4 is 0 Å². The van der Waals surface area contributed by atoms with Gasteiger partial charge in [-0.1, -0.05) is 25.1 Å². The van der Waals surface area contributed by atoms with Crippen LogP contribution in [0.2, 0.25) is 0 Å². The predicted molar refractivity (Wildman–Crippen MR) is 79.0 cm³/mol. The van der Waals surface area contributed by atoms with E-state index in [1.165, 1.54) is 6.07 Å². The van der Waals surface area contributed by atoms with Crippen LogP contribution in [0.3, 0.4) is 0 Å². The first-order chi connectivity index (χ1) is 9.61. The molecule has 1 aromatic carbocycles. The van der Waals surface area contributed by atoms with Crippen LogP contribution in [0.4, 0.5) is 4.39 Å². The number of rotatable bonds is 5. The van der Waals surface area contributed by atoms with E-state index in [-0.39, 0.29) is 18.0 Å². The van der Waals surface area contributed by atoms with Crippen molar-refractivity contribution in [3.05, 3.63) is 35.6 Å². The number of aliphatic hydroxyl groups is 1. The lowest BCUT2D eigenvalue weighted by Gasteiger charge is -2.35. The maximum atomic E-state index is 13.8. The van der Waals surface area contributed by atoms with Crippen LogP contribution in [-0.2, 0) is 0 Å². The molecule has 1 saturated heterocycles. The van der Waals surface area contributed by atoms with Gasteiger partial charge in [0.2, 0.25) is 0 Å². The number of hydrogen-bond donors (Lipinski definition) is 2. The van der Waals surface area contributed by atoms with Crippen molar-refractivity contribution < 1.29 is 9.50 Å². The maximum Gasteiger partial charge on any atom is 0.127 e. The molecule has 3 unspecified atom stereocenters. The molecule has 0 bridgehead atoms. The normalized spacial score (nSPS) is 25.6. The number of nitrogens with one attached hydrogen (secondary N) is 1. The highest BCUT2D eigenvalue weighted by Gasteiger charge is 2.24. The first-order valence-electron chi connectivity index (χ1n) is 7.44. The third-order valence-electron chi connectivity index (χ3n) is 4.37. The molecular formula is C16H25FN2O. The van der Waals surface area contributed by atoms with Crippen molar-refractivity contribution in [2.45, 2.75) is 31.9 Å². The number of piperidine rings is 1. The van der Waals surface area contributed by atoms with Crippen molar-refractivity contribution in [1.29, 1.82) is 0 Å². The molecule has 0 aromatic heterocycles. The van der Waals surface area contributed by atoms with E-state index < -0.39 is 0 Å². The minimum absolute atomic E-state index is 0.0210. The van der Waals surface area contributed by atoms with Gasteiger partial charge < -0.3 is 15.3 Å². The van der Waals surface area contributed by atoms with Gasteiger partial charge in [-0.25, -0.2) is 4.39 Å². The van der Waals surface area contributed by atoms with Gasteiger partial charge in [0.05, 0.1) is 6.10 Å². The number of benzene rings is 1. The summed E-state index contributed by atoms with van der Waals surface area (Å²) in [5.41, 5.74) is 0.723. The fraction of sp³-hybridized carbons (Fsp3) is 0.625. The molecular weight excluding hydrogens is 255 g/mol. The Hall–Kier alpha value is -0.970. The molecule has 0 saturated carbocycles. The summed E-state index contributed by atoms with van der Waals surface area (Å²) in [5.74, 6) is 0.233. The zero-order valence-corrected chi connectivity index (χ0v) is 12.3. The van der Waals surface area contributed by atoms with Crippen LogP contribution in [0.1, 0.15) is 31.4 Å². The topological polar surface area (TPSA) is 35.5 Å². The van der Waals surface area contributed by atoms with E-state index in [1.807, 2.05) is 19.2 Å². The third-order valence-corrected chi connectivity index (χ3v) is 4.37. The third kappa shape index (κ3) is 3.78. The number of likely N-dealkylation sites (tertiary alicyclic amines) is 1. The Balaban J connectivity index is 1.90. The number of halogens is 1. The smallest absolute Gasteiger partial charge is 0.127 e. The molecule has 1 aliphatic rings. The minimum Gasteiger partial charge on any atom is -0.392 e. The summed E-state index contributed by atoms with van der Waals surface area (Å²) in [6.45, 7) is 4.72. The Labute approximate surface area is 120 Å². The zero-order chi connectivity index (χ0) is 14.5. The summed E-state index contributed by atoms with van der Waals surface area (Å²) >= 11 is 0. The van der Waals surface area contributed by atoms with Crippen LogP contribution in [-0.4, -0.2) is 42.8 Å².